The summed E-state index contributed by atoms with van der Waals surface area (Å²) >= 11 is 0. The lowest BCUT2D eigenvalue weighted by atomic mass is 9.90. The van der Waals surface area contributed by atoms with E-state index in [0.717, 1.165) is 42.0 Å². The van der Waals surface area contributed by atoms with E-state index in [0.29, 0.717) is 23.2 Å². The molecule has 1 saturated carbocycles. The predicted molar refractivity (Wildman–Crippen MR) is 131 cm³/mol. The van der Waals surface area contributed by atoms with E-state index in [2.05, 4.69) is 46.2 Å². The molecule has 0 bridgehead atoms. The van der Waals surface area contributed by atoms with Gasteiger partial charge in [0.1, 0.15) is 5.69 Å². The van der Waals surface area contributed by atoms with Crippen molar-refractivity contribution in [3.05, 3.63) is 67.0 Å². The van der Waals surface area contributed by atoms with E-state index in [1.807, 2.05) is 36.4 Å². The molecule has 0 aliphatic heterocycles. The number of fused-ring (bicyclic) bond motifs is 1. The van der Waals surface area contributed by atoms with Gasteiger partial charge in [-0.1, -0.05) is 30.8 Å². The molecule has 1 aliphatic carbocycles. The van der Waals surface area contributed by atoms with Crippen LogP contribution >= 0.6 is 0 Å². The maximum Gasteiger partial charge on any atom is 0.270 e. The minimum absolute atomic E-state index is 0.147. The molecule has 1 aromatic heterocycles. The van der Waals surface area contributed by atoms with Gasteiger partial charge in [-0.2, -0.15) is 0 Å². The zero-order valence-corrected chi connectivity index (χ0v) is 19.0. The van der Waals surface area contributed by atoms with Crippen LogP contribution in [0.2, 0.25) is 0 Å². The molecule has 7 nitrogen and oxygen atoms in total. The molecule has 4 rings (SSSR count). The summed E-state index contributed by atoms with van der Waals surface area (Å²) in [6.45, 7) is 3.51. The van der Waals surface area contributed by atoms with Crippen LogP contribution in [-0.2, 0) is 4.79 Å². The van der Waals surface area contributed by atoms with Crippen molar-refractivity contribution < 1.29 is 9.59 Å². The zero-order chi connectivity index (χ0) is 23.4. The fourth-order valence-electron chi connectivity index (χ4n) is 4.35. The second kappa shape index (κ2) is 9.92. The third-order valence-electron chi connectivity index (χ3n) is 6.18. The van der Waals surface area contributed by atoms with Crippen molar-refractivity contribution in [2.24, 2.45) is 0 Å². The molecule has 1 heterocycles. The van der Waals surface area contributed by atoms with Crippen LogP contribution < -0.4 is 10.6 Å². The monoisotopic (exact) mass is 443 g/mol. The first kappa shape index (κ1) is 22.6. The van der Waals surface area contributed by atoms with Crippen LogP contribution in [0.1, 0.15) is 36.2 Å². The van der Waals surface area contributed by atoms with Crippen LogP contribution in [-0.4, -0.2) is 52.9 Å². The lowest BCUT2D eigenvalue weighted by Gasteiger charge is -2.33. The summed E-state index contributed by atoms with van der Waals surface area (Å²) in [5, 5.41) is 7.82. The lowest BCUT2D eigenvalue weighted by molar-refractivity contribution is -0.111. The van der Waals surface area contributed by atoms with E-state index in [9.17, 15) is 9.59 Å². The van der Waals surface area contributed by atoms with Crippen LogP contribution in [0.5, 0.6) is 0 Å². The van der Waals surface area contributed by atoms with E-state index in [1.165, 1.54) is 6.08 Å². The number of rotatable bonds is 6. The molecule has 2 amide bonds. The van der Waals surface area contributed by atoms with Gasteiger partial charge in [0.05, 0.1) is 0 Å². The number of nitrogens with one attached hydrogen (secondary N) is 2. The number of carbonyl (C=O) groups is 2. The molecular formula is C26H29N5O2. The van der Waals surface area contributed by atoms with E-state index in [4.69, 9.17) is 0 Å². The topological polar surface area (TPSA) is 87.2 Å². The molecule has 0 radical (unpaired) electrons. The number of nitrogens with zero attached hydrogens (tertiary/aromatic N) is 3. The summed E-state index contributed by atoms with van der Waals surface area (Å²) in [6.07, 6.45) is 7.04. The summed E-state index contributed by atoms with van der Waals surface area (Å²) in [5.74, 6) is 0.00836. The highest BCUT2D eigenvalue weighted by atomic mass is 16.2. The molecule has 33 heavy (non-hydrogen) atoms. The van der Waals surface area contributed by atoms with Gasteiger partial charge in [-0.25, -0.2) is 9.97 Å². The van der Waals surface area contributed by atoms with Crippen LogP contribution in [0.15, 0.2) is 61.3 Å². The molecule has 0 saturated heterocycles. The molecule has 170 valence electrons. The van der Waals surface area contributed by atoms with E-state index in [-0.39, 0.29) is 17.9 Å². The number of aromatic nitrogens is 2. The minimum atomic E-state index is -0.276. The fourth-order valence-corrected chi connectivity index (χ4v) is 4.35. The molecular weight excluding hydrogens is 414 g/mol. The standard InChI is InChI=1S/C26H29N5O2/c1-4-24(32)29-22-10-5-7-17-11-12-18(15-21(17)22)25-27-14-13-23(30-25)26(33)28-19-8-6-9-20(16-19)31(2)3/h4-5,7,10-15,19-20H,1,6,8-9,16H2,2-3H3,(H,28,33)(H,29,32)/t19-,20+/m1/s1. The number of hydrogen-bond acceptors (Lipinski definition) is 5. The molecule has 2 N–H and O–H groups in total. The van der Waals surface area contributed by atoms with Crippen molar-refractivity contribution in [3.8, 4) is 11.4 Å². The Morgan fingerprint density at radius 3 is 2.79 bits per heavy atom. The van der Waals surface area contributed by atoms with Crippen LogP contribution in [0.3, 0.4) is 0 Å². The Labute approximate surface area is 193 Å². The van der Waals surface area contributed by atoms with Crippen molar-refractivity contribution in [1.29, 1.82) is 0 Å². The molecule has 1 aliphatic rings. The normalized spacial score (nSPS) is 18.2. The average Bonchev–Trinajstić information content (AvgIpc) is 2.84. The second-order valence-corrected chi connectivity index (χ2v) is 8.65. The average molecular weight is 444 g/mol. The van der Waals surface area contributed by atoms with Crippen molar-refractivity contribution in [3.63, 3.8) is 0 Å². The predicted octanol–water partition coefficient (Wildman–Crippen LogP) is 4.02. The van der Waals surface area contributed by atoms with Crippen molar-refractivity contribution in [2.75, 3.05) is 19.4 Å². The highest BCUT2D eigenvalue weighted by Crippen LogP contribution is 2.28. The molecule has 1 fully saturated rings. The first-order valence-corrected chi connectivity index (χ1v) is 11.2. The van der Waals surface area contributed by atoms with Gasteiger partial charge in [-0.05, 0) is 69.4 Å². The summed E-state index contributed by atoms with van der Waals surface area (Å²) in [6, 6.07) is 13.8. The molecule has 3 aromatic rings. The van der Waals surface area contributed by atoms with Crippen LogP contribution in [0.4, 0.5) is 5.69 Å². The summed E-state index contributed by atoms with van der Waals surface area (Å²) in [5.41, 5.74) is 1.80. The summed E-state index contributed by atoms with van der Waals surface area (Å²) in [4.78, 5) is 35.9. The SMILES string of the molecule is C=CC(=O)Nc1cccc2ccc(-c3nccc(C(=O)N[C@@H]4CCC[C@H](N(C)C)C4)n3)cc12. The van der Waals surface area contributed by atoms with E-state index in [1.54, 1.807) is 12.3 Å². The Kier molecular flexibility index (Phi) is 6.79. The van der Waals surface area contributed by atoms with Crippen LogP contribution in [0, 0.1) is 0 Å². The Morgan fingerprint density at radius 1 is 1.15 bits per heavy atom. The Balaban J connectivity index is 1.57. The van der Waals surface area contributed by atoms with Gasteiger partial charge in [-0.15, -0.1) is 0 Å². The highest BCUT2D eigenvalue weighted by molar-refractivity contribution is 6.06. The van der Waals surface area contributed by atoms with Gasteiger partial charge in [0.25, 0.3) is 5.91 Å². The Hall–Kier alpha value is -3.58. The molecule has 0 spiro atoms. The smallest absolute Gasteiger partial charge is 0.270 e. The van der Waals surface area contributed by atoms with Crippen molar-refractivity contribution >= 4 is 28.3 Å². The maximum atomic E-state index is 12.9. The van der Waals surface area contributed by atoms with Crippen molar-refractivity contribution in [1.82, 2.24) is 20.2 Å². The number of hydrogen-bond donors (Lipinski definition) is 2. The molecule has 2 atom stereocenters. The van der Waals surface area contributed by atoms with E-state index < -0.39 is 0 Å². The Bertz CT molecular complexity index is 1190. The van der Waals surface area contributed by atoms with Gasteiger partial charge < -0.3 is 15.5 Å². The number of benzene rings is 2. The largest absolute Gasteiger partial charge is 0.348 e. The minimum Gasteiger partial charge on any atom is -0.348 e. The van der Waals surface area contributed by atoms with Crippen LogP contribution in [0.25, 0.3) is 22.2 Å². The molecule has 2 aromatic carbocycles. The molecule has 7 heteroatoms. The maximum absolute atomic E-state index is 12.9. The second-order valence-electron chi connectivity index (χ2n) is 8.65. The third-order valence-corrected chi connectivity index (χ3v) is 6.18. The highest BCUT2D eigenvalue weighted by Gasteiger charge is 2.25. The van der Waals surface area contributed by atoms with Gasteiger partial charge in [0.2, 0.25) is 5.91 Å². The summed E-state index contributed by atoms with van der Waals surface area (Å²) < 4.78 is 0. The number of amides is 2. The third kappa shape index (κ3) is 5.26. The number of anilines is 1. The number of carbonyl (C=O) groups excluding carboxylic acids is 2. The first-order chi connectivity index (χ1) is 15.9. The van der Waals surface area contributed by atoms with Gasteiger partial charge >= 0.3 is 0 Å². The van der Waals surface area contributed by atoms with Gasteiger partial charge in [-0.3, -0.25) is 9.59 Å². The zero-order valence-electron chi connectivity index (χ0n) is 19.0. The van der Waals surface area contributed by atoms with Crippen molar-refractivity contribution in [2.45, 2.75) is 37.8 Å². The molecule has 0 unspecified atom stereocenters. The van der Waals surface area contributed by atoms with Gasteiger partial charge in [0.15, 0.2) is 5.82 Å². The lowest BCUT2D eigenvalue weighted by Crippen LogP contribution is -2.43. The summed E-state index contributed by atoms with van der Waals surface area (Å²) in [7, 11) is 4.17. The Morgan fingerprint density at radius 2 is 2.00 bits per heavy atom. The quantitative estimate of drug-likeness (QED) is 0.562. The first-order valence-electron chi connectivity index (χ1n) is 11.2. The fraction of sp³-hybridized carbons (Fsp3) is 0.308. The van der Waals surface area contributed by atoms with E-state index >= 15 is 0 Å². The van der Waals surface area contributed by atoms with Gasteiger partial charge in [0, 0.05) is 34.9 Å².